The summed E-state index contributed by atoms with van der Waals surface area (Å²) in [6.45, 7) is 3.56. The molecular weight excluding hydrogens is 334 g/mol. The molecule has 0 fully saturated rings. The molecule has 0 aliphatic heterocycles. The van der Waals surface area contributed by atoms with Gasteiger partial charge in [0, 0.05) is 11.6 Å². The lowest BCUT2D eigenvalue weighted by Crippen LogP contribution is -2.34. The van der Waals surface area contributed by atoms with E-state index in [-0.39, 0.29) is 24.1 Å². The van der Waals surface area contributed by atoms with E-state index >= 15 is 0 Å². The van der Waals surface area contributed by atoms with E-state index in [4.69, 9.17) is 10.5 Å². The highest BCUT2D eigenvalue weighted by atomic mass is 16.5. The third-order valence-electron chi connectivity index (χ3n) is 3.36. The van der Waals surface area contributed by atoms with Crippen molar-refractivity contribution in [2.45, 2.75) is 19.9 Å². The lowest BCUT2D eigenvalue weighted by atomic mass is 10.1. The molecule has 2 aromatic rings. The van der Waals surface area contributed by atoms with Crippen molar-refractivity contribution in [3.63, 3.8) is 0 Å². The number of anilines is 1. The molecule has 0 aromatic heterocycles. The monoisotopic (exact) mass is 355 g/mol. The summed E-state index contributed by atoms with van der Waals surface area (Å²) in [7, 11) is 0. The van der Waals surface area contributed by atoms with Crippen LogP contribution in [0.25, 0.3) is 0 Å². The number of primary amides is 1. The van der Waals surface area contributed by atoms with Gasteiger partial charge in [-0.3, -0.25) is 14.4 Å². The minimum Gasteiger partial charge on any atom is -0.484 e. The summed E-state index contributed by atoms with van der Waals surface area (Å²) in [5.74, 6) is -0.907. The number of nitrogens with two attached hydrogens (primary N) is 1. The highest BCUT2D eigenvalue weighted by Gasteiger charge is 2.13. The molecular formula is C19H21N3O4. The van der Waals surface area contributed by atoms with Crippen molar-refractivity contribution in [2.75, 3.05) is 11.9 Å². The molecule has 0 spiro atoms. The molecule has 0 aliphatic rings. The maximum absolute atomic E-state index is 12.4. The molecule has 0 saturated carbocycles. The molecule has 0 aliphatic carbocycles. The van der Waals surface area contributed by atoms with Crippen LogP contribution in [0.2, 0.25) is 0 Å². The van der Waals surface area contributed by atoms with Gasteiger partial charge in [-0.1, -0.05) is 18.2 Å². The maximum atomic E-state index is 12.4. The van der Waals surface area contributed by atoms with Crippen LogP contribution in [0, 0.1) is 0 Å². The molecule has 0 radical (unpaired) electrons. The van der Waals surface area contributed by atoms with Gasteiger partial charge < -0.3 is 21.1 Å². The predicted molar refractivity (Wildman–Crippen MR) is 98.1 cm³/mol. The van der Waals surface area contributed by atoms with Gasteiger partial charge >= 0.3 is 0 Å². The van der Waals surface area contributed by atoms with E-state index < -0.39 is 11.8 Å². The zero-order chi connectivity index (χ0) is 19.1. The minimum absolute atomic E-state index is 0.0218. The van der Waals surface area contributed by atoms with Crippen LogP contribution in [0.5, 0.6) is 5.75 Å². The van der Waals surface area contributed by atoms with Crippen molar-refractivity contribution >= 4 is 23.4 Å². The van der Waals surface area contributed by atoms with Crippen molar-refractivity contribution in [1.29, 1.82) is 0 Å². The van der Waals surface area contributed by atoms with Gasteiger partial charge in [-0.05, 0) is 44.2 Å². The third kappa shape index (κ3) is 5.34. The van der Waals surface area contributed by atoms with Crippen molar-refractivity contribution in [1.82, 2.24) is 5.32 Å². The smallest absolute Gasteiger partial charge is 0.258 e. The largest absolute Gasteiger partial charge is 0.484 e. The van der Waals surface area contributed by atoms with Crippen LogP contribution in [0.4, 0.5) is 5.69 Å². The normalized spacial score (nSPS) is 10.3. The first-order chi connectivity index (χ1) is 12.4. The lowest BCUT2D eigenvalue weighted by molar-refractivity contribution is -0.123. The Morgan fingerprint density at radius 2 is 1.81 bits per heavy atom. The van der Waals surface area contributed by atoms with E-state index in [2.05, 4.69) is 10.6 Å². The summed E-state index contributed by atoms with van der Waals surface area (Å²) in [6.07, 6.45) is 0. The quantitative estimate of drug-likeness (QED) is 0.705. The summed E-state index contributed by atoms with van der Waals surface area (Å²) in [5.41, 5.74) is 6.18. The van der Waals surface area contributed by atoms with Crippen LogP contribution in [0.3, 0.4) is 0 Å². The third-order valence-corrected chi connectivity index (χ3v) is 3.36. The van der Waals surface area contributed by atoms with Gasteiger partial charge in [-0.15, -0.1) is 0 Å². The van der Waals surface area contributed by atoms with Gasteiger partial charge in [0.25, 0.3) is 17.7 Å². The fraction of sp³-hybridized carbons (Fsp3) is 0.211. The number of nitrogens with one attached hydrogen (secondary N) is 2. The molecule has 7 nitrogen and oxygen atoms in total. The topological polar surface area (TPSA) is 111 Å². The summed E-state index contributed by atoms with van der Waals surface area (Å²) >= 11 is 0. The zero-order valence-corrected chi connectivity index (χ0v) is 14.6. The Bertz CT molecular complexity index is 818. The first-order valence-corrected chi connectivity index (χ1v) is 8.09. The van der Waals surface area contributed by atoms with Gasteiger partial charge in [0.2, 0.25) is 0 Å². The summed E-state index contributed by atoms with van der Waals surface area (Å²) < 4.78 is 5.41. The average molecular weight is 355 g/mol. The number of benzene rings is 2. The van der Waals surface area contributed by atoms with Crippen LogP contribution in [-0.4, -0.2) is 30.4 Å². The molecule has 2 aromatic carbocycles. The van der Waals surface area contributed by atoms with Gasteiger partial charge in [-0.2, -0.15) is 0 Å². The molecule has 4 N–H and O–H groups in total. The molecule has 0 unspecified atom stereocenters. The summed E-state index contributed by atoms with van der Waals surface area (Å²) in [6, 6.07) is 12.9. The minimum atomic E-state index is -0.630. The molecule has 26 heavy (non-hydrogen) atoms. The highest BCUT2D eigenvalue weighted by molar-refractivity contribution is 6.08. The van der Waals surface area contributed by atoms with E-state index in [1.165, 1.54) is 12.1 Å². The number of carbonyl (C=O) groups excluding carboxylic acids is 3. The van der Waals surface area contributed by atoms with Crippen LogP contribution in [0.15, 0.2) is 48.5 Å². The number of hydrogen-bond acceptors (Lipinski definition) is 4. The number of ether oxygens (including phenoxy) is 1. The van der Waals surface area contributed by atoms with Crippen LogP contribution in [0.1, 0.15) is 34.6 Å². The van der Waals surface area contributed by atoms with Crippen LogP contribution >= 0.6 is 0 Å². The second kappa shape index (κ2) is 8.66. The van der Waals surface area contributed by atoms with Gasteiger partial charge in [0.15, 0.2) is 6.61 Å². The van der Waals surface area contributed by atoms with Gasteiger partial charge in [-0.25, -0.2) is 0 Å². The van der Waals surface area contributed by atoms with E-state index in [1.54, 1.807) is 36.4 Å². The molecule has 0 atom stereocenters. The van der Waals surface area contributed by atoms with E-state index in [9.17, 15) is 14.4 Å². The Kier molecular flexibility index (Phi) is 6.32. The molecule has 7 heteroatoms. The van der Waals surface area contributed by atoms with Gasteiger partial charge in [0.05, 0.1) is 11.3 Å². The summed E-state index contributed by atoms with van der Waals surface area (Å²) in [5, 5.41) is 5.36. The Hall–Kier alpha value is -3.35. The van der Waals surface area contributed by atoms with Crippen LogP contribution in [-0.2, 0) is 4.79 Å². The summed E-state index contributed by atoms with van der Waals surface area (Å²) in [4.78, 5) is 35.5. The molecule has 0 saturated heterocycles. The number of rotatable bonds is 7. The number of amides is 3. The molecule has 3 amide bonds. The maximum Gasteiger partial charge on any atom is 0.258 e. The van der Waals surface area contributed by atoms with Crippen LogP contribution < -0.4 is 21.1 Å². The number of carbonyl (C=O) groups is 3. The molecule has 0 heterocycles. The fourth-order valence-corrected chi connectivity index (χ4v) is 2.24. The second-order valence-corrected chi connectivity index (χ2v) is 5.90. The number of para-hydroxylation sites is 1. The Labute approximate surface area is 151 Å². The first-order valence-electron chi connectivity index (χ1n) is 8.09. The fourth-order valence-electron chi connectivity index (χ4n) is 2.24. The predicted octanol–water partition coefficient (Wildman–Crippen LogP) is 1.94. The van der Waals surface area contributed by atoms with Gasteiger partial charge in [0.1, 0.15) is 5.75 Å². The Morgan fingerprint density at radius 3 is 2.50 bits per heavy atom. The van der Waals surface area contributed by atoms with Crippen molar-refractivity contribution in [3.05, 3.63) is 59.7 Å². The SMILES string of the molecule is CC(C)NC(=O)COc1cccc(C(=O)Nc2ccccc2C(N)=O)c1. The highest BCUT2D eigenvalue weighted by Crippen LogP contribution is 2.18. The lowest BCUT2D eigenvalue weighted by Gasteiger charge is -2.11. The van der Waals surface area contributed by atoms with Crippen molar-refractivity contribution in [3.8, 4) is 5.75 Å². The average Bonchev–Trinajstić information content (AvgIpc) is 2.60. The first kappa shape index (κ1) is 19.0. The second-order valence-electron chi connectivity index (χ2n) is 5.90. The van der Waals surface area contributed by atoms with E-state index in [0.717, 1.165) is 0 Å². The Balaban J connectivity index is 2.06. The number of hydrogen-bond donors (Lipinski definition) is 3. The van der Waals surface area contributed by atoms with Crippen molar-refractivity contribution < 1.29 is 19.1 Å². The van der Waals surface area contributed by atoms with Crippen molar-refractivity contribution in [2.24, 2.45) is 5.73 Å². The molecule has 2 rings (SSSR count). The molecule has 136 valence electrons. The Morgan fingerprint density at radius 1 is 1.08 bits per heavy atom. The standard InChI is InChI=1S/C19H21N3O4/c1-12(2)21-17(23)11-26-14-7-5-6-13(10-14)19(25)22-16-9-4-3-8-15(16)18(20)24/h3-10,12H,11H2,1-2H3,(H2,20,24)(H,21,23)(H,22,25). The van der Waals surface area contributed by atoms with E-state index in [0.29, 0.717) is 17.0 Å². The zero-order valence-electron chi connectivity index (χ0n) is 14.6. The van der Waals surface area contributed by atoms with E-state index in [1.807, 2.05) is 13.8 Å². The molecule has 0 bridgehead atoms.